The zero-order valence-corrected chi connectivity index (χ0v) is 15.0. The Morgan fingerprint density at radius 3 is 2.25 bits per heavy atom. The van der Waals surface area contributed by atoms with Gasteiger partial charge in [-0.3, -0.25) is 4.79 Å². The first-order chi connectivity index (χ1) is 11.3. The Hall–Kier alpha value is -2.13. The van der Waals surface area contributed by atoms with Crippen molar-refractivity contribution in [2.75, 3.05) is 0 Å². The molecular formula is C21H27NO2. The van der Waals surface area contributed by atoms with Gasteiger partial charge in [-0.2, -0.15) is 0 Å². The molecule has 0 saturated heterocycles. The first-order valence-electron chi connectivity index (χ1n) is 8.48. The molecule has 0 heterocycles. The minimum atomic E-state index is -0.699. The molecule has 0 aromatic heterocycles. The van der Waals surface area contributed by atoms with E-state index < -0.39 is 12.0 Å². The molecule has 0 aliphatic rings. The van der Waals surface area contributed by atoms with E-state index in [4.69, 9.17) is 5.73 Å². The van der Waals surface area contributed by atoms with E-state index in [-0.39, 0.29) is 5.41 Å². The number of primary amides is 1. The van der Waals surface area contributed by atoms with Crippen molar-refractivity contribution in [1.82, 2.24) is 0 Å². The molecule has 1 unspecified atom stereocenters. The van der Waals surface area contributed by atoms with E-state index >= 15 is 0 Å². The third-order valence-electron chi connectivity index (χ3n) is 4.24. The van der Waals surface area contributed by atoms with Crippen LogP contribution < -0.4 is 5.73 Å². The lowest BCUT2D eigenvalue weighted by Crippen LogP contribution is -2.23. The van der Waals surface area contributed by atoms with Crippen LogP contribution in [0.3, 0.4) is 0 Å². The van der Waals surface area contributed by atoms with Crippen LogP contribution in [-0.2, 0) is 5.41 Å². The molecule has 0 bridgehead atoms. The van der Waals surface area contributed by atoms with Gasteiger partial charge in [0.2, 0.25) is 5.91 Å². The zero-order valence-electron chi connectivity index (χ0n) is 15.0. The minimum Gasteiger partial charge on any atom is -0.388 e. The van der Waals surface area contributed by atoms with Gasteiger partial charge >= 0.3 is 0 Å². The summed E-state index contributed by atoms with van der Waals surface area (Å²) in [5.41, 5.74) is 9.56. The van der Waals surface area contributed by atoms with E-state index in [0.717, 1.165) is 23.1 Å². The fourth-order valence-corrected chi connectivity index (χ4v) is 3.26. The highest BCUT2D eigenvalue weighted by Gasteiger charge is 2.29. The Labute approximate surface area is 144 Å². The monoisotopic (exact) mass is 325 g/mol. The predicted molar refractivity (Wildman–Crippen MR) is 99.0 cm³/mol. The van der Waals surface area contributed by atoms with Gasteiger partial charge in [-0.05, 0) is 40.2 Å². The fraction of sp³-hybridized carbons (Fsp3) is 0.381. The molecular weight excluding hydrogens is 298 g/mol. The molecule has 3 nitrogen and oxygen atoms in total. The number of rotatable bonds is 5. The van der Waals surface area contributed by atoms with Gasteiger partial charge in [-0.1, -0.05) is 70.5 Å². The van der Waals surface area contributed by atoms with Crippen LogP contribution in [0, 0.1) is 0 Å². The van der Waals surface area contributed by atoms with Crippen molar-refractivity contribution < 1.29 is 9.90 Å². The molecule has 3 N–H and O–H groups in total. The summed E-state index contributed by atoms with van der Waals surface area (Å²) in [5, 5.41) is 10.8. The molecule has 2 rings (SSSR count). The van der Waals surface area contributed by atoms with Crippen LogP contribution in [0.2, 0.25) is 0 Å². The summed E-state index contributed by atoms with van der Waals surface area (Å²) in [6, 6.07) is 13.7. The smallest absolute Gasteiger partial charge is 0.249 e. The molecule has 0 spiro atoms. The lowest BCUT2D eigenvalue weighted by atomic mass is 9.75. The molecule has 2 aromatic rings. The predicted octanol–water partition coefficient (Wildman–Crippen LogP) is 4.58. The molecule has 1 atom stereocenters. The van der Waals surface area contributed by atoms with Crippen molar-refractivity contribution >= 4 is 5.91 Å². The average molecular weight is 325 g/mol. The fourth-order valence-electron chi connectivity index (χ4n) is 3.26. The van der Waals surface area contributed by atoms with Crippen molar-refractivity contribution in [3.63, 3.8) is 0 Å². The minimum absolute atomic E-state index is 0.235. The van der Waals surface area contributed by atoms with Gasteiger partial charge in [-0.25, -0.2) is 0 Å². The van der Waals surface area contributed by atoms with Gasteiger partial charge < -0.3 is 10.8 Å². The summed E-state index contributed by atoms with van der Waals surface area (Å²) in [7, 11) is 0. The highest BCUT2D eigenvalue weighted by atomic mass is 16.3. The number of hydrogen-bond donors (Lipinski definition) is 2. The summed E-state index contributed by atoms with van der Waals surface area (Å²) in [5.74, 6) is -0.495. The van der Waals surface area contributed by atoms with E-state index in [1.54, 1.807) is 6.07 Å². The van der Waals surface area contributed by atoms with E-state index in [0.29, 0.717) is 17.5 Å². The number of hydrogen-bond acceptors (Lipinski definition) is 2. The van der Waals surface area contributed by atoms with Gasteiger partial charge in [0.25, 0.3) is 0 Å². The summed E-state index contributed by atoms with van der Waals surface area (Å²) in [6.45, 7) is 8.32. The third-order valence-corrected chi connectivity index (χ3v) is 4.24. The Kier molecular flexibility index (Phi) is 5.45. The van der Waals surface area contributed by atoms with E-state index in [1.165, 1.54) is 0 Å². The van der Waals surface area contributed by atoms with Crippen LogP contribution >= 0.6 is 0 Å². The normalized spacial score (nSPS) is 12.9. The van der Waals surface area contributed by atoms with Crippen LogP contribution in [0.5, 0.6) is 0 Å². The largest absolute Gasteiger partial charge is 0.388 e. The summed E-state index contributed by atoms with van der Waals surface area (Å²) < 4.78 is 0. The molecule has 24 heavy (non-hydrogen) atoms. The van der Waals surface area contributed by atoms with Gasteiger partial charge in [0.15, 0.2) is 0 Å². The number of nitrogens with two attached hydrogens (primary N) is 1. The Balaban J connectivity index is 2.84. The van der Waals surface area contributed by atoms with Crippen molar-refractivity contribution in [2.45, 2.75) is 52.1 Å². The molecule has 0 aliphatic carbocycles. The second-order valence-corrected chi connectivity index (χ2v) is 7.23. The second-order valence-electron chi connectivity index (χ2n) is 7.23. The van der Waals surface area contributed by atoms with Crippen molar-refractivity contribution in [2.24, 2.45) is 5.73 Å². The van der Waals surface area contributed by atoms with Crippen LogP contribution in [0.25, 0.3) is 11.1 Å². The van der Waals surface area contributed by atoms with Gasteiger partial charge in [0, 0.05) is 5.56 Å². The molecule has 0 fully saturated rings. The highest BCUT2D eigenvalue weighted by Crippen LogP contribution is 2.40. The Bertz CT molecular complexity index is 715. The number of benzene rings is 2. The first kappa shape index (κ1) is 18.2. The molecule has 128 valence electrons. The second kappa shape index (κ2) is 7.18. The SMILES string of the molecule is CCCC(O)c1c(C(N)=O)ccc(-c2ccccc2)c1C(C)(C)C. The Morgan fingerprint density at radius 1 is 1.12 bits per heavy atom. The van der Waals surface area contributed by atoms with Crippen LogP contribution in [-0.4, -0.2) is 11.0 Å². The van der Waals surface area contributed by atoms with Gasteiger partial charge in [0.05, 0.1) is 6.10 Å². The van der Waals surface area contributed by atoms with Crippen LogP contribution in [0.15, 0.2) is 42.5 Å². The third kappa shape index (κ3) is 3.68. The lowest BCUT2D eigenvalue weighted by molar-refractivity contribution is 0.0990. The highest BCUT2D eigenvalue weighted by molar-refractivity contribution is 5.96. The molecule has 2 aromatic carbocycles. The Morgan fingerprint density at radius 2 is 1.75 bits per heavy atom. The lowest BCUT2D eigenvalue weighted by Gasteiger charge is -2.30. The molecule has 0 radical (unpaired) electrons. The quantitative estimate of drug-likeness (QED) is 0.845. The number of carbonyl (C=O) groups is 1. The van der Waals surface area contributed by atoms with Crippen molar-refractivity contribution in [3.8, 4) is 11.1 Å². The molecule has 0 aliphatic heterocycles. The first-order valence-corrected chi connectivity index (χ1v) is 8.48. The standard InChI is InChI=1S/C21H27NO2/c1-5-9-17(23)18-16(20(22)24)13-12-15(19(18)21(2,3)4)14-10-7-6-8-11-14/h6-8,10-13,17,23H,5,9H2,1-4H3,(H2,22,24). The number of carbonyl (C=O) groups excluding carboxylic acids is 1. The molecule has 3 heteroatoms. The summed E-state index contributed by atoms with van der Waals surface area (Å²) in [6.07, 6.45) is 0.732. The maximum absolute atomic E-state index is 12.0. The van der Waals surface area contributed by atoms with E-state index in [1.807, 2.05) is 43.3 Å². The number of aliphatic hydroxyl groups excluding tert-OH is 1. The topological polar surface area (TPSA) is 63.3 Å². The maximum Gasteiger partial charge on any atom is 0.249 e. The van der Waals surface area contributed by atoms with Gasteiger partial charge in [0.1, 0.15) is 0 Å². The van der Waals surface area contributed by atoms with Crippen LogP contribution in [0.4, 0.5) is 0 Å². The average Bonchev–Trinajstić information content (AvgIpc) is 2.53. The van der Waals surface area contributed by atoms with Crippen molar-refractivity contribution in [3.05, 3.63) is 59.2 Å². The number of amides is 1. The molecule has 0 saturated carbocycles. The van der Waals surface area contributed by atoms with E-state index in [9.17, 15) is 9.90 Å². The van der Waals surface area contributed by atoms with E-state index in [2.05, 4.69) is 20.8 Å². The number of aliphatic hydroxyl groups is 1. The van der Waals surface area contributed by atoms with Crippen LogP contribution in [0.1, 0.15) is 68.1 Å². The maximum atomic E-state index is 12.0. The van der Waals surface area contributed by atoms with Crippen molar-refractivity contribution in [1.29, 1.82) is 0 Å². The summed E-state index contributed by atoms with van der Waals surface area (Å²) in [4.78, 5) is 12.0. The molecule has 1 amide bonds. The zero-order chi connectivity index (χ0) is 17.9. The summed E-state index contributed by atoms with van der Waals surface area (Å²) >= 11 is 0. The van der Waals surface area contributed by atoms with Gasteiger partial charge in [-0.15, -0.1) is 0 Å².